The minimum atomic E-state index is -0.297. The third-order valence-corrected chi connectivity index (χ3v) is 7.41. The Morgan fingerprint density at radius 3 is 1.89 bits per heavy atom. The number of benzene rings is 1. The molecule has 0 aliphatic carbocycles. The number of hydrogen-bond acceptors (Lipinski definition) is 4. The normalized spacial score (nSPS) is 17.7. The highest BCUT2D eigenvalue weighted by Crippen LogP contribution is 2.29. The minimum Gasteiger partial charge on any atom is -0.494 e. The molecule has 1 aliphatic rings. The molecule has 0 amide bonds. The average molecular weight is 510 g/mol. The van der Waals surface area contributed by atoms with Gasteiger partial charge >= 0.3 is 0 Å². The van der Waals surface area contributed by atoms with Gasteiger partial charge in [0.2, 0.25) is 0 Å². The van der Waals surface area contributed by atoms with Crippen LogP contribution in [0.2, 0.25) is 0 Å². The molecule has 1 saturated heterocycles. The fourth-order valence-electron chi connectivity index (χ4n) is 4.98. The number of aromatic nitrogens is 1. The van der Waals surface area contributed by atoms with Gasteiger partial charge in [0.1, 0.15) is 5.75 Å². The van der Waals surface area contributed by atoms with Gasteiger partial charge in [-0.25, -0.2) is 0 Å². The summed E-state index contributed by atoms with van der Waals surface area (Å²) in [6.07, 6.45) is 21.5. The van der Waals surface area contributed by atoms with E-state index in [1.807, 2.05) is 18.3 Å². The summed E-state index contributed by atoms with van der Waals surface area (Å²) in [5.74, 6) is 1.44. The standard InChI is InChI=1S/C33H51NO3/c1-3-5-7-9-10-11-12-13-14-15-17-28-26-36-33(37-27-28)30-20-23-32(34-25-30)29-18-21-31(22-19-29)35-24-16-8-6-4-2/h18-23,25,28,33H,3-17,24,26-27H2,1-2H3/t28-,33-. The number of hydrogen-bond donors (Lipinski definition) is 0. The largest absolute Gasteiger partial charge is 0.494 e. The van der Waals surface area contributed by atoms with Crippen molar-refractivity contribution in [2.45, 2.75) is 116 Å². The van der Waals surface area contributed by atoms with E-state index >= 15 is 0 Å². The molecule has 2 aromatic rings. The molecule has 1 aliphatic heterocycles. The lowest BCUT2D eigenvalue weighted by atomic mass is 10.0. The molecule has 0 unspecified atom stereocenters. The Kier molecular flexibility index (Phi) is 14.7. The molecule has 2 heterocycles. The minimum absolute atomic E-state index is 0.297. The Morgan fingerprint density at radius 1 is 0.703 bits per heavy atom. The summed E-state index contributed by atoms with van der Waals surface area (Å²) >= 11 is 0. The van der Waals surface area contributed by atoms with E-state index in [1.165, 1.54) is 89.9 Å². The van der Waals surface area contributed by atoms with Crippen LogP contribution in [0.25, 0.3) is 11.3 Å². The summed E-state index contributed by atoms with van der Waals surface area (Å²) in [5, 5.41) is 0. The molecule has 0 bridgehead atoms. The molecule has 1 aromatic heterocycles. The van der Waals surface area contributed by atoms with Gasteiger partial charge in [-0.1, -0.05) is 103 Å². The first-order valence-electron chi connectivity index (χ1n) is 15.2. The van der Waals surface area contributed by atoms with Crippen molar-refractivity contribution in [2.75, 3.05) is 19.8 Å². The maximum Gasteiger partial charge on any atom is 0.185 e. The second-order valence-corrected chi connectivity index (χ2v) is 10.7. The molecule has 0 spiro atoms. The summed E-state index contributed by atoms with van der Waals surface area (Å²) in [6.45, 7) is 6.86. The SMILES string of the molecule is CCCCCCCCCCCC[C@H]1CO[C@H](c2ccc(-c3ccc(OCCCCCC)cc3)nc2)OC1. The molecule has 0 atom stereocenters. The first-order valence-corrected chi connectivity index (χ1v) is 15.2. The number of ether oxygens (including phenoxy) is 3. The zero-order valence-electron chi connectivity index (χ0n) is 23.6. The van der Waals surface area contributed by atoms with Gasteiger partial charge in [0, 0.05) is 23.2 Å². The number of pyridine rings is 1. The van der Waals surface area contributed by atoms with Crippen molar-refractivity contribution in [1.82, 2.24) is 4.98 Å². The van der Waals surface area contributed by atoms with E-state index in [-0.39, 0.29) is 6.29 Å². The number of unbranched alkanes of at least 4 members (excludes halogenated alkanes) is 12. The zero-order chi connectivity index (χ0) is 26.0. The molecule has 0 N–H and O–H groups in total. The van der Waals surface area contributed by atoms with E-state index in [1.54, 1.807) is 0 Å². The lowest BCUT2D eigenvalue weighted by Crippen LogP contribution is -2.27. The monoisotopic (exact) mass is 509 g/mol. The maximum absolute atomic E-state index is 6.06. The van der Waals surface area contributed by atoms with Crippen molar-refractivity contribution >= 4 is 0 Å². The molecule has 4 heteroatoms. The van der Waals surface area contributed by atoms with E-state index in [9.17, 15) is 0 Å². The highest BCUT2D eigenvalue weighted by molar-refractivity contribution is 5.60. The first-order chi connectivity index (χ1) is 18.3. The van der Waals surface area contributed by atoms with Crippen LogP contribution in [-0.4, -0.2) is 24.8 Å². The quantitative estimate of drug-likeness (QED) is 0.177. The predicted molar refractivity (Wildman–Crippen MR) is 154 cm³/mol. The van der Waals surface area contributed by atoms with E-state index < -0.39 is 0 Å². The molecular weight excluding hydrogens is 458 g/mol. The molecule has 1 aromatic carbocycles. The molecule has 37 heavy (non-hydrogen) atoms. The van der Waals surface area contributed by atoms with Gasteiger partial charge in [0.05, 0.1) is 25.5 Å². The fraction of sp³-hybridized carbons (Fsp3) is 0.667. The van der Waals surface area contributed by atoms with E-state index in [0.717, 1.165) is 48.8 Å². The Labute approximate surface area is 226 Å². The van der Waals surface area contributed by atoms with Crippen molar-refractivity contribution in [3.8, 4) is 17.0 Å². The molecule has 4 nitrogen and oxygen atoms in total. The summed E-state index contributed by atoms with van der Waals surface area (Å²) in [6, 6.07) is 12.4. The van der Waals surface area contributed by atoms with Crippen molar-refractivity contribution < 1.29 is 14.2 Å². The number of rotatable bonds is 19. The Hall–Kier alpha value is -1.91. The van der Waals surface area contributed by atoms with Crippen molar-refractivity contribution in [3.05, 3.63) is 48.2 Å². The Balaban J connectivity index is 1.29. The summed E-state index contributed by atoms with van der Waals surface area (Å²) in [4.78, 5) is 4.67. The van der Waals surface area contributed by atoms with Gasteiger partial charge in [-0.15, -0.1) is 0 Å². The fourth-order valence-corrected chi connectivity index (χ4v) is 4.98. The smallest absolute Gasteiger partial charge is 0.185 e. The van der Waals surface area contributed by atoms with Crippen LogP contribution in [0.15, 0.2) is 42.6 Å². The molecule has 0 saturated carbocycles. The maximum atomic E-state index is 6.06. The highest BCUT2D eigenvalue weighted by Gasteiger charge is 2.23. The van der Waals surface area contributed by atoms with Crippen LogP contribution < -0.4 is 4.74 Å². The van der Waals surface area contributed by atoms with Gasteiger partial charge in [-0.3, -0.25) is 4.98 Å². The van der Waals surface area contributed by atoms with E-state index in [4.69, 9.17) is 14.2 Å². The van der Waals surface area contributed by atoms with Crippen LogP contribution in [0.1, 0.15) is 122 Å². The third kappa shape index (κ3) is 11.6. The second kappa shape index (κ2) is 18.4. The van der Waals surface area contributed by atoms with E-state index in [0.29, 0.717) is 5.92 Å². The first kappa shape index (κ1) is 29.6. The topological polar surface area (TPSA) is 40.6 Å². The van der Waals surface area contributed by atoms with Crippen LogP contribution in [0.4, 0.5) is 0 Å². The van der Waals surface area contributed by atoms with Gasteiger partial charge < -0.3 is 14.2 Å². The summed E-state index contributed by atoms with van der Waals surface area (Å²) < 4.78 is 18.0. The van der Waals surface area contributed by atoms with E-state index in [2.05, 4.69) is 43.1 Å². The lowest BCUT2D eigenvalue weighted by molar-refractivity contribution is -0.206. The van der Waals surface area contributed by atoms with Gasteiger partial charge in [0.25, 0.3) is 0 Å². The number of nitrogens with zero attached hydrogens (tertiary/aromatic N) is 1. The lowest BCUT2D eigenvalue weighted by Gasteiger charge is -2.29. The third-order valence-electron chi connectivity index (χ3n) is 7.41. The average Bonchev–Trinajstić information content (AvgIpc) is 2.95. The molecule has 1 fully saturated rings. The van der Waals surface area contributed by atoms with Gasteiger partial charge in [-0.05, 0) is 43.2 Å². The highest BCUT2D eigenvalue weighted by atomic mass is 16.7. The second-order valence-electron chi connectivity index (χ2n) is 10.7. The van der Waals surface area contributed by atoms with Gasteiger partial charge in [-0.2, -0.15) is 0 Å². The molecule has 206 valence electrons. The van der Waals surface area contributed by atoms with Crippen molar-refractivity contribution in [3.63, 3.8) is 0 Å². The van der Waals surface area contributed by atoms with Crippen LogP contribution in [-0.2, 0) is 9.47 Å². The zero-order valence-corrected chi connectivity index (χ0v) is 23.6. The van der Waals surface area contributed by atoms with Crippen LogP contribution in [0, 0.1) is 5.92 Å². The Morgan fingerprint density at radius 2 is 1.30 bits per heavy atom. The summed E-state index contributed by atoms with van der Waals surface area (Å²) in [7, 11) is 0. The molecular formula is C33H51NO3. The molecule has 3 rings (SSSR count). The van der Waals surface area contributed by atoms with Crippen LogP contribution >= 0.6 is 0 Å². The van der Waals surface area contributed by atoms with Crippen molar-refractivity contribution in [2.24, 2.45) is 5.92 Å². The predicted octanol–water partition coefficient (Wildman–Crippen LogP) is 9.68. The summed E-state index contributed by atoms with van der Waals surface area (Å²) in [5.41, 5.74) is 3.04. The Bertz CT molecular complexity index is 812. The van der Waals surface area contributed by atoms with Crippen LogP contribution in [0.3, 0.4) is 0 Å². The molecule has 0 radical (unpaired) electrons. The van der Waals surface area contributed by atoms with Gasteiger partial charge in [0.15, 0.2) is 6.29 Å². The van der Waals surface area contributed by atoms with Crippen LogP contribution in [0.5, 0.6) is 5.75 Å². The van der Waals surface area contributed by atoms with Crippen molar-refractivity contribution in [1.29, 1.82) is 0 Å².